The smallest absolute Gasteiger partial charge is 0.282 e. The lowest BCUT2D eigenvalue weighted by atomic mass is 9.84. The normalized spacial score (nSPS) is 14.5. The molecule has 0 unspecified atom stereocenters. The first kappa shape index (κ1) is 19.7. The van der Waals surface area contributed by atoms with E-state index in [0.29, 0.717) is 27.9 Å². The quantitative estimate of drug-likeness (QED) is 0.541. The molecule has 0 bridgehead atoms. The van der Waals surface area contributed by atoms with Gasteiger partial charge >= 0.3 is 0 Å². The molecule has 2 atom stereocenters. The summed E-state index contributed by atoms with van der Waals surface area (Å²) in [6.45, 7) is 3.90. The van der Waals surface area contributed by atoms with Crippen molar-refractivity contribution >= 4 is 23.2 Å². The molecule has 3 N–H and O–H groups in total. The summed E-state index contributed by atoms with van der Waals surface area (Å²) in [4.78, 5) is 38.3. The summed E-state index contributed by atoms with van der Waals surface area (Å²) in [6, 6.07) is 21.5. The molecule has 3 aromatic carbocycles. The van der Waals surface area contributed by atoms with Crippen LogP contribution in [-0.2, 0) is 4.79 Å². The second kappa shape index (κ2) is 8.05. The number of fused-ring (bicyclic) bond motifs is 2. The van der Waals surface area contributed by atoms with Gasteiger partial charge in [-0.2, -0.15) is 0 Å². The fourth-order valence-electron chi connectivity index (χ4n) is 3.82. The van der Waals surface area contributed by atoms with E-state index in [-0.39, 0.29) is 29.6 Å². The Morgan fingerprint density at radius 3 is 2.00 bits per heavy atom. The van der Waals surface area contributed by atoms with Crippen LogP contribution in [0.1, 0.15) is 57.3 Å². The average Bonchev–Trinajstić information content (AvgIpc) is 2.78. The van der Waals surface area contributed by atoms with Crippen molar-refractivity contribution in [1.82, 2.24) is 0 Å². The van der Waals surface area contributed by atoms with E-state index in [1.807, 2.05) is 42.6 Å². The molecule has 0 saturated heterocycles. The highest BCUT2D eigenvalue weighted by atomic mass is 16.2. The number of benzene rings is 3. The SMILES string of the molecule is C[C@H]([NH2+][C@H](C)c1ccccc1)C(=O)Nc1ccc2c(c1)C(=O)c1ccccc1C2=O. The van der Waals surface area contributed by atoms with Gasteiger partial charge in [0.15, 0.2) is 17.6 Å². The molecule has 0 aromatic heterocycles. The molecule has 1 aliphatic carbocycles. The molecular weight excluding hydrogens is 376 g/mol. The maximum atomic E-state index is 12.9. The fraction of sp³-hybridized carbons (Fsp3) is 0.160. The Hall–Kier alpha value is -3.57. The zero-order valence-corrected chi connectivity index (χ0v) is 16.9. The highest BCUT2D eigenvalue weighted by Gasteiger charge is 2.30. The molecule has 5 heteroatoms. The van der Waals surface area contributed by atoms with E-state index in [1.165, 1.54) is 0 Å². The van der Waals surface area contributed by atoms with Crippen molar-refractivity contribution in [1.29, 1.82) is 0 Å². The Morgan fingerprint density at radius 2 is 1.33 bits per heavy atom. The predicted molar refractivity (Wildman–Crippen MR) is 115 cm³/mol. The first-order chi connectivity index (χ1) is 14.5. The number of nitrogens with two attached hydrogens (primary N) is 1. The van der Waals surface area contributed by atoms with Gasteiger partial charge in [-0.3, -0.25) is 14.4 Å². The summed E-state index contributed by atoms with van der Waals surface area (Å²) >= 11 is 0. The van der Waals surface area contributed by atoms with Gasteiger partial charge in [0.05, 0.1) is 0 Å². The van der Waals surface area contributed by atoms with Gasteiger partial charge in [-0.1, -0.05) is 54.6 Å². The van der Waals surface area contributed by atoms with Gasteiger partial charge in [0.1, 0.15) is 6.04 Å². The van der Waals surface area contributed by atoms with Crippen molar-refractivity contribution in [2.75, 3.05) is 5.32 Å². The minimum absolute atomic E-state index is 0.131. The first-order valence-electron chi connectivity index (χ1n) is 9.99. The van der Waals surface area contributed by atoms with Gasteiger partial charge in [0.2, 0.25) is 0 Å². The van der Waals surface area contributed by atoms with Gasteiger partial charge < -0.3 is 10.6 Å². The van der Waals surface area contributed by atoms with E-state index >= 15 is 0 Å². The molecule has 4 rings (SSSR count). The number of amides is 1. The summed E-state index contributed by atoms with van der Waals surface area (Å²) < 4.78 is 0. The van der Waals surface area contributed by atoms with Crippen molar-refractivity contribution in [3.05, 3.63) is 101 Å². The van der Waals surface area contributed by atoms with Crippen LogP contribution in [0.15, 0.2) is 72.8 Å². The minimum Gasteiger partial charge on any atom is -0.330 e. The van der Waals surface area contributed by atoms with Gasteiger partial charge in [0, 0.05) is 33.5 Å². The second-order valence-corrected chi connectivity index (χ2v) is 7.63. The number of rotatable bonds is 5. The number of hydrogen-bond donors (Lipinski definition) is 2. The van der Waals surface area contributed by atoms with Gasteiger partial charge in [0.25, 0.3) is 5.91 Å². The lowest BCUT2D eigenvalue weighted by Crippen LogP contribution is -2.91. The average molecular weight is 399 g/mol. The van der Waals surface area contributed by atoms with Crippen LogP contribution in [0.4, 0.5) is 5.69 Å². The van der Waals surface area contributed by atoms with Crippen LogP contribution >= 0.6 is 0 Å². The summed E-state index contributed by atoms with van der Waals surface area (Å²) in [5.74, 6) is -0.530. The Morgan fingerprint density at radius 1 is 0.767 bits per heavy atom. The number of hydrogen-bond acceptors (Lipinski definition) is 3. The van der Waals surface area contributed by atoms with Crippen LogP contribution in [0.3, 0.4) is 0 Å². The molecule has 0 aliphatic heterocycles. The van der Waals surface area contributed by atoms with Crippen LogP contribution in [-0.4, -0.2) is 23.5 Å². The fourth-order valence-corrected chi connectivity index (χ4v) is 3.82. The van der Waals surface area contributed by atoms with Crippen LogP contribution in [0.5, 0.6) is 0 Å². The molecule has 0 heterocycles. The largest absolute Gasteiger partial charge is 0.330 e. The Bertz CT molecular complexity index is 1140. The van der Waals surface area contributed by atoms with E-state index in [4.69, 9.17) is 0 Å². The molecule has 1 amide bonds. The third-order valence-corrected chi connectivity index (χ3v) is 5.51. The van der Waals surface area contributed by atoms with E-state index in [9.17, 15) is 14.4 Å². The first-order valence-corrected chi connectivity index (χ1v) is 9.99. The third kappa shape index (κ3) is 3.67. The molecule has 0 radical (unpaired) electrons. The number of nitrogens with one attached hydrogen (secondary N) is 1. The van der Waals surface area contributed by atoms with E-state index in [2.05, 4.69) is 12.2 Å². The highest BCUT2D eigenvalue weighted by molar-refractivity contribution is 6.28. The molecule has 0 fully saturated rings. The van der Waals surface area contributed by atoms with Crippen molar-refractivity contribution < 1.29 is 19.7 Å². The Balaban J connectivity index is 1.50. The molecular formula is C25H23N2O3+. The maximum absolute atomic E-state index is 12.9. The number of anilines is 1. The predicted octanol–water partition coefficient (Wildman–Crippen LogP) is 3.11. The topological polar surface area (TPSA) is 79.8 Å². The van der Waals surface area contributed by atoms with Crippen molar-refractivity contribution in [3.8, 4) is 0 Å². The number of carbonyl (C=O) groups excluding carboxylic acids is 3. The molecule has 150 valence electrons. The van der Waals surface area contributed by atoms with Crippen LogP contribution in [0.2, 0.25) is 0 Å². The monoisotopic (exact) mass is 399 g/mol. The van der Waals surface area contributed by atoms with Crippen LogP contribution in [0.25, 0.3) is 0 Å². The van der Waals surface area contributed by atoms with Crippen LogP contribution in [0, 0.1) is 0 Å². The summed E-state index contributed by atoms with van der Waals surface area (Å²) in [5.41, 5.74) is 3.17. The Labute approximate surface area is 175 Å². The summed E-state index contributed by atoms with van der Waals surface area (Å²) in [7, 11) is 0. The van der Waals surface area contributed by atoms with Crippen LogP contribution < -0.4 is 10.6 Å². The standard InChI is InChI=1S/C25H22N2O3/c1-15(17-8-4-3-5-9-17)26-16(2)25(30)27-18-12-13-21-22(14-18)24(29)20-11-7-6-10-19(20)23(21)28/h3-16,26H,1-2H3,(H,27,30)/p+1/t15-,16+/m1/s1. The van der Waals surface area contributed by atoms with Crippen molar-refractivity contribution in [2.24, 2.45) is 0 Å². The van der Waals surface area contributed by atoms with Gasteiger partial charge in [-0.15, -0.1) is 0 Å². The lowest BCUT2D eigenvalue weighted by molar-refractivity contribution is -0.709. The molecule has 0 saturated carbocycles. The Kier molecular flexibility index (Phi) is 5.29. The molecule has 30 heavy (non-hydrogen) atoms. The number of quaternary nitrogens is 1. The molecule has 0 spiro atoms. The molecule has 3 aromatic rings. The van der Waals surface area contributed by atoms with Crippen molar-refractivity contribution in [2.45, 2.75) is 25.9 Å². The lowest BCUT2D eigenvalue weighted by Gasteiger charge is -2.19. The minimum atomic E-state index is -0.325. The van der Waals surface area contributed by atoms with E-state index in [1.54, 1.807) is 42.5 Å². The zero-order valence-electron chi connectivity index (χ0n) is 16.9. The van der Waals surface area contributed by atoms with Gasteiger partial charge in [-0.25, -0.2) is 0 Å². The second-order valence-electron chi connectivity index (χ2n) is 7.63. The summed E-state index contributed by atoms with van der Waals surface area (Å²) in [5, 5.41) is 4.87. The highest BCUT2D eigenvalue weighted by Crippen LogP contribution is 2.29. The third-order valence-electron chi connectivity index (χ3n) is 5.51. The van der Waals surface area contributed by atoms with E-state index < -0.39 is 0 Å². The van der Waals surface area contributed by atoms with Gasteiger partial charge in [-0.05, 0) is 32.0 Å². The molecule has 5 nitrogen and oxygen atoms in total. The maximum Gasteiger partial charge on any atom is 0.282 e. The molecule has 1 aliphatic rings. The van der Waals surface area contributed by atoms with Crippen molar-refractivity contribution in [3.63, 3.8) is 0 Å². The summed E-state index contributed by atoms with van der Waals surface area (Å²) in [6.07, 6.45) is 0. The number of ketones is 2. The number of carbonyl (C=O) groups is 3. The zero-order chi connectivity index (χ0) is 21.3. The van der Waals surface area contributed by atoms with E-state index in [0.717, 1.165) is 5.56 Å².